The molecule has 0 bridgehead atoms. The first-order valence-electron chi connectivity index (χ1n) is 5.78. The average Bonchev–Trinajstić information content (AvgIpc) is 2.29. The van der Waals surface area contributed by atoms with Gasteiger partial charge in [-0.3, -0.25) is 0 Å². The molecule has 0 aliphatic heterocycles. The highest BCUT2D eigenvalue weighted by molar-refractivity contribution is 5.18. The van der Waals surface area contributed by atoms with Crippen LogP contribution in [0.15, 0.2) is 18.2 Å². The standard InChI is InChI=1S/C13H19F2N/c1-3-12(16-2)6-4-5-10-9-11(14)7-8-13(10)15/h7-9,12,16H,3-6H2,1-2H3. The lowest BCUT2D eigenvalue weighted by Gasteiger charge is -2.13. The van der Waals surface area contributed by atoms with E-state index in [0.717, 1.165) is 25.3 Å². The summed E-state index contributed by atoms with van der Waals surface area (Å²) in [5.74, 6) is -0.670. The zero-order valence-corrected chi connectivity index (χ0v) is 9.89. The Hall–Kier alpha value is -0.960. The van der Waals surface area contributed by atoms with Crippen LogP contribution in [0, 0.1) is 11.6 Å². The Kier molecular flexibility index (Phi) is 5.39. The van der Waals surface area contributed by atoms with Crippen molar-refractivity contribution >= 4 is 0 Å². The Balaban J connectivity index is 2.45. The molecular weight excluding hydrogens is 208 g/mol. The third kappa shape index (κ3) is 3.89. The van der Waals surface area contributed by atoms with Gasteiger partial charge in [-0.25, -0.2) is 8.78 Å². The lowest BCUT2D eigenvalue weighted by atomic mass is 10.0. The van der Waals surface area contributed by atoms with Crippen molar-refractivity contribution in [1.29, 1.82) is 0 Å². The Bertz CT molecular complexity index is 322. The number of rotatable bonds is 6. The van der Waals surface area contributed by atoms with Crippen molar-refractivity contribution in [2.24, 2.45) is 0 Å². The second-order valence-electron chi connectivity index (χ2n) is 4.02. The van der Waals surface area contributed by atoms with Gasteiger partial charge in [0.1, 0.15) is 11.6 Å². The molecule has 1 nitrogen and oxygen atoms in total. The maximum Gasteiger partial charge on any atom is 0.126 e. The van der Waals surface area contributed by atoms with Crippen LogP contribution in [0.3, 0.4) is 0 Å². The van der Waals surface area contributed by atoms with Gasteiger partial charge >= 0.3 is 0 Å². The van der Waals surface area contributed by atoms with E-state index in [4.69, 9.17) is 0 Å². The van der Waals surface area contributed by atoms with Crippen LogP contribution in [-0.2, 0) is 6.42 Å². The van der Waals surface area contributed by atoms with Gasteiger partial charge in [0.25, 0.3) is 0 Å². The fraction of sp³-hybridized carbons (Fsp3) is 0.538. The van der Waals surface area contributed by atoms with Gasteiger partial charge in [0.2, 0.25) is 0 Å². The summed E-state index contributed by atoms with van der Waals surface area (Å²) in [6.45, 7) is 2.12. The summed E-state index contributed by atoms with van der Waals surface area (Å²) in [4.78, 5) is 0. The van der Waals surface area contributed by atoms with Gasteiger partial charge < -0.3 is 5.32 Å². The van der Waals surface area contributed by atoms with Crippen molar-refractivity contribution in [3.8, 4) is 0 Å². The van der Waals surface area contributed by atoms with Gasteiger partial charge in [-0.15, -0.1) is 0 Å². The van der Waals surface area contributed by atoms with E-state index in [2.05, 4.69) is 12.2 Å². The van der Waals surface area contributed by atoms with Crippen molar-refractivity contribution in [3.05, 3.63) is 35.4 Å². The molecule has 0 aliphatic carbocycles. The van der Waals surface area contributed by atoms with Crippen molar-refractivity contribution in [2.45, 2.75) is 38.6 Å². The summed E-state index contributed by atoms with van der Waals surface area (Å²) in [6.07, 6.45) is 3.52. The van der Waals surface area contributed by atoms with Gasteiger partial charge in [-0.2, -0.15) is 0 Å². The number of benzene rings is 1. The number of hydrogen-bond acceptors (Lipinski definition) is 1. The second-order valence-corrected chi connectivity index (χ2v) is 4.02. The predicted molar refractivity (Wildman–Crippen MR) is 62.4 cm³/mol. The molecule has 0 aliphatic rings. The van der Waals surface area contributed by atoms with Gasteiger partial charge in [0.15, 0.2) is 0 Å². The third-order valence-electron chi connectivity index (χ3n) is 2.91. The molecular formula is C13H19F2N. The van der Waals surface area contributed by atoms with Gasteiger partial charge in [0.05, 0.1) is 0 Å². The van der Waals surface area contributed by atoms with E-state index in [-0.39, 0.29) is 11.6 Å². The zero-order valence-electron chi connectivity index (χ0n) is 9.89. The van der Waals surface area contributed by atoms with Gasteiger partial charge in [-0.1, -0.05) is 6.92 Å². The lowest BCUT2D eigenvalue weighted by Crippen LogP contribution is -2.24. The first-order valence-corrected chi connectivity index (χ1v) is 5.78. The molecule has 1 aromatic rings. The highest BCUT2D eigenvalue weighted by Gasteiger charge is 2.06. The van der Waals surface area contributed by atoms with E-state index in [9.17, 15) is 8.78 Å². The molecule has 1 rings (SSSR count). The van der Waals surface area contributed by atoms with Crippen LogP contribution in [0.5, 0.6) is 0 Å². The largest absolute Gasteiger partial charge is 0.317 e. The molecule has 1 aromatic carbocycles. The fourth-order valence-electron chi connectivity index (χ4n) is 1.83. The molecule has 0 spiro atoms. The SMILES string of the molecule is CCC(CCCc1cc(F)ccc1F)NC. The minimum absolute atomic E-state index is 0.307. The van der Waals surface area contributed by atoms with Gasteiger partial charge in [0, 0.05) is 6.04 Å². The van der Waals surface area contributed by atoms with Crippen molar-refractivity contribution in [2.75, 3.05) is 7.05 Å². The molecule has 0 fully saturated rings. The minimum atomic E-state index is -0.364. The van der Waals surface area contributed by atoms with Crippen LogP contribution in [0.4, 0.5) is 8.78 Å². The van der Waals surface area contributed by atoms with Gasteiger partial charge in [-0.05, 0) is 56.5 Å². The molecule has 1 atom stereocenters. The fourth-order valence-corrected chi connectivity index (χ4v) is 1.83. The lowest BCUT2D eigenvalue weighted by molar-refractivity contribution is 0.487. The first-order chi connectivity index (χ1) is 7.67. The molecule has 16 heavy (non-hydrogen) atoms. The first kappa shape index (κ1) is 13.1. The van der Waals surface area contributed by atoms with Crippen molar-refractivity contribution < 1.29 is 8.78 Å². The molecule has 0 heterocycles. The third-order valence-corrected chi connectivity index (χ3v) is 2.91. The van der Waals surface area contributed by atoms with Crippen molar-refractivity contribution in [3.63, 3.8) is 0 Å². The summed E-state index contributed by atoms with van der Waals surface area (Å²) in [5, 5.41) is 3.20. The predicted octanol–water partition coefficient (Wildman–Crippen LogP) is 3.29. The van der Waals surface area contributed by atoms with Crippen LogP contribution in [-0.4, -0.2) is 13.1 Å². The average molecular weight is 227 g/mol. The number of aryl methyl sites for hydroxylation is 1. The molecule has 0 amide bonds. The van der Waals surface area contributed by atoms with Crippen LogP contribution in [0.25, 0.3) is 0 Å². The topological polar surface area (TPSA) is 12.0 Å². The molecule has 0 radical (unpaired) electrons. The van der Waals surface area contributed by atoms with Crippen LogP contribution in [0.1, 0.15) is 31.7 Å². The smallest absolute Gasteiger partial charge is 0.126 e. The second kappa shape index (κ2) is 6.59. The van der Waals surface area contributed by atoms with E-state index >= 15 is 0 Å². The van der Waals surface area contributed by atoms with Crippen LogP contribution < -0.4 is 5.32 Å². The van der Waals surface area contributed by atoms with E-state index in [1.165, 1.54) is 12.1 Å². The maximum absolute atomic E-state index is 13.3. The summed E-state index contributed by atoms with van der Waals surface area (Å²) in [7, 11) is 1.93. The number of nitrogens with one attached hydrogen (secondary N) is 1. The Morgan fingerprint density at radius 1 is 1.31 bits per heavy atom. The van der Waals surface area contributed by atoms with E-state index < -0.39 is 0 Å². The highest BCUT2D eigenvalue weighted by Crippen LogP contribution is 2.13. The molecule has 90 valence electrons. The highest BCUT2D eigenvalue weighted by atomic mass is 19.1. The van der Waals surface area contributed by atoms with Crippen LogP contribution in [0.2, 0.25) is 0 Å². The monoisotopic (exact) mass is 227 g/mol. The zero-order chi connectivity index (χ0) is 12.0. The molecule has 1 N–H and O–H groups in total. The summed E-state index contributed by atoms with van der Waals surface area (Å²) in [6, 6.07) is 4.10. The van der Waals surface area contributed by atoms with E-state index in [1.807, 2.05) is 7.05 Å². The minimum Gasteiger partial charge on any atom is -0.317 e. The van der Waals surface area contributed by atoms with E-state index in [0.29, 0.717) is 18.0 Å². The molecule has 0 aromatic heterocycles. The Morgan fingerprint density at radius 2 is 2.06 bits per heavy atom. The quantitative estimate of drug-likeness (QED) is 0.786. The molecule has 0 saturated carbocycles. The summed E-state index contributed by atoms with van der Waals surface area (Å²) < 4.78 is 26.2. The molecule has 0 saturated heterocycles. The molecule has 1 unspecified atom stereocenters. The number of halogens is 2. The summed E-state index contributed by atoms with van der Waals surface area (Å²) >= 11 is 0. The van der Waals surface area contributed by atoms with Crippen molar-refractivity contribution in [1.82, 2.24) is 5.32 Å². The normalized spacial score (nSPS) is 12.8. The molecule has 3 heteroatoms. The maximum atomic E-state index is 13.3. The van der Waals surface area contributed by atoms with E-state index in [1.54, 1.807) is 0 Å². The van der Waals surface area contributed by atoms with Crippen LogP contribution >= 0.6 is 0 Å². The number of hydrogen-bond donors (Lipinski definition) is 1. The summed E-state index contributed by atoms with van der Waals surface area (Å²) in [5.41, 5.74) is 0.478. The Labute approximate surface area is 95.9 Å². The Morgan fingerprint density at radius 3 is 2.69 bits per heavy atom.